The molecule has 1 saturated heterocycles. The molecule has 0 amide bonds. The molecule has 2 nitrogen and oxygen atoms in total. The van der Waals surface area contributed by atoms with Crippen molar-refractivity contribution in [1.29, 1.82) is 0 Å². The molecule has 1 aliphatic rings. The standard InChI is InChI=1S/C13H27NOS/c1-4-6-11(3)13(14-7-5-2)12-10-16-9-8-15-12/h11-14H,4-10H2,1-3H3. The van der Waals surface area contributed by atoms with Crippen molar-refractivity contribution in [2.45, 2.75) is 52.2 Å². The number of hydrogen-bond acceptors (Lipinski definition) is 3. The molecule has 1 N–H and O–H groups in total. The Hall–Kier alpha value is 0.270. The zero-order valence-electron chi connectivity index (χ0n) is 11.0. The highest BCUT2D eigenvalue weighted by atomic mass is 32.2. The van der Waals surface area contributed by atoms with E-state index in [2.05, 4.69) is 26.1 Å². The predicted octanol–water partition coefficient (Wildman–Crippen LogP) is 2.92. The quantitative estimate of drug-likeness (QED) is 0.745. The summed E-state index contributed by atoms with van der Waals surface area (Å²) in [5, 5.41) is 3.69. The van der Waals surface area contributed by atoms with Crippen LogP contribution in [0.4, 0.5) is 0 Å². The predicted molar refractivity (Wildman–Crippen MR) is 73.2 cm³/mol. The van der Waals surface area contributed by atoms with E-state index in [0.29, 0.717) is 12.1 Å². The molecule has 0 aliphatic carbocycles. The molecule has 1 fully saturated rings. The molecule has 1 aliphatic heterocycles. The summed E-state index contributed by atoms with van der Waals surface area (Å²) in [4.78, 5) is 0. The molecule has 3 unspecified atom stereocenters. The lowest BCUT2D eigenvalue weighted by Gasteiger charge is -2.34. The summed E-state index contributed by atoms with van der Waals surface area (Å²) < 4.78 is 5.92. The van der Waals surface area contributed by atoms with Gasteiger partial charge >= 0.3 is 0 Å². The van der Waals surface area contributed by atoms with Crippen LogP contribution in [0.25, 0.3) is 0 Å². The number of ether oxygens (including phenoxy) is 1. The molecule has 0 saturated carbocycles. The van der Waals surface area contributed by atoms with E-state index in [4.69, 9.17) is 4.74 Å². The molecule has 0 spiro atoms. The van der Waals surface area contributed by atoms with Crippen molar-refractivity contribution >= 4 is 11.8 Å². The average molecular weight is 245 g/mol. The molecule has 3 heteroatoms. The largest absolute Gasteiger partial charge is 0.375 e. The third-order valence-corrected chi connectivity index (χ3v) is 4.25. The first-order valence-corrected chi connectivity index (χ1v) is 7.87. The van der Waals surface area contributed by atoms with Crippen LogP contribution in [0, 0.1) is 5.92 Å². The van der Waals surface area contributed by atoms with Crippen molar-refractivity contribution in [2.24, 2.45) is 5.92 Å². The third-order valence-electron chi connectivity index (χ3n) is 3.23. The summed E-state index contributed by atoms with van der Waals surface area (Å²) in [6, 6.07) is 0.549. The minimum Gasteiger partial charge on any atom is -0.375 e. The Morgan fingerprint density at radius 1 is 1.38 bits per heavy atom. The lowest BCUT2D eigenvalue weighted by Crippen LogP contribution is -2.48. The van der Waals surface area contributed by atoms with E-state index in [1.807, 2.05) is 11.8 Å². The van der Waals surface area contributed by atoms with Crippen LogP contribution in [-0.4, -0.2) is 36.8 Å². The van der Waals surface area contributed by atoms with E-state index in [9.17, 15) is 0 Å². The average Bonchev–Trinajstić information content (AvgIpc) is 2.31. The Labute approximate surface area is 105 Å². The van der Waals surface area contributed by atoms with Crippen LogP contribution in [0.3, 0.4) is 0 Å². The normalized spacial score (nSPS) is 25.3. The van der Waals surface area contributed by atoms with Gasteiger partial charge in [-0.2, -0.15) is 11.8 Å². The molecule has 1 heterocycles. The lowest BCUT2D eigenvalue weighted by molar-refractivity contribution is 0.0308. The molecular formula is C13H27NOS. The van der Waals surface area contributed by atoms with Gasteiger partial charge in [0.2, 0.25) is 0 Å². The van der Waals surface area contributed by atoms with Crippen molar-refractivity contribution in [3.8, 4) is 0 Å². The van der Waals surface area contributed by atoms with E-state index >= 15 is 0 Å². The van der Waals surface area contributed by atoms with Gasteiger partial charge in [-0.05, 0) is 25.3 Å². The molecule has 0 aromatic carbocycles. The first-order valence-electron chi connectivity index (χ1n) is 6.72. The molecule has 96 valence electrons. The first kappa shape index (κ1) is 14.3. The van der Waals surface area contributed by atoms with Crippen molar-refractivity contribution in [2.75, 3.05) is 24.7 Å². The maximum atomic E-state index is 5.92. The first-order chi connectivity index (χ1) is 7.79. The van der Waals surface area contributed by atoms with Crippen LogP contribution < -0.4 is 5.32 Å². The second kappa shape index (κ2) is 8.37. The zero-order chi connectivity index (χ0) is 11.8. The summed E-state index contributed by atoms with van der Waals surface area (Å²) in [5.41, 5.74) is 0. The van der Waals surface area contributed by atoms with Gasteiger partial charge in [-0.1, -0.05) is 27.2 Å². The van der Waals surface area contributed by atoms with Gasteiger partial charge in [0.05, 0.1) is 12.7 Å². The van der Waals surface area contributed by atoms with Crippen molar-refractivity contribution in [3.63, 3.8) is 0 Å². The number of nitrogens with one attached hydrogen (secondary N) is 1. The van der Waals surface area contributed by atoms with Crippen molar-refractivity contribution < 1.29 is 4.74 Å². The van der Waals surface area contributed by atoms with Crippen molar-refractivity contribution in [3.05, 3.63) is 0 Å². The number of thioether (sulfide) groups is 1. The Morgan fingerprint density at radius 3 is 2.75 bits per heavy atom. The fourth-order valence-corrected chi connectivity index (χ4v) is 3.27. The van der Waals surface area contributed by atoms with Crippen molar-refractivity contribution in [1.82, 2.24) is 5.32 Å². The number of hydrogen-bond donors (Lipinski definition) is 1. The fourth-order valence-electron chi connectivity index (χ4n) is 2.36. The third kappa shape index (κ3) is 4.64. The molecule has 0 aromatic heterocycles. The van der Waals surface area contributed by atoms with Gasteiger partial charge in [-0.15, -0.1) is 0 Å². The maximum absolute atomic E-state index is 5.92. The van der Waals surface area contributed by atoms with Gasteiger partial charge in [0.1, 0.15) is 0 Å². The zero-order valence-corrected chi connectivity index (χ0v) is 11.8. The minimum atomic E-state index is 0.423. The highest BCUT2D eigenvalue weighted by Crippen LogP contribution is 2.22. The number of rotatable bonds is 7. The van der Waals surface area contributed by atoms with Crippen LogP contribution in [-0.2, 0) is 4.74 Å². The van der Waals surface area contributed by atoms with Gasteiger partial charge in [0.25, 0.3) is 0 Å². The topological polar surface area (TPSA) is 21.3 Å². The molecule has 0 radical (unpaired) electrons. The van der Waals surface area contributed by atoms with Crippen LogP contribution in [0.1, 0.15) is 40.0 Å². The summed E-state index contributed by atoms with van der Waals surface area (Å²) in [6.07, 6.45) is 4.19. The van der Waals surface area contributed by atoms with Crippen LogP contribution in [0.2, 0.25) is 0 Å². The van der Waals surface area contributed by atoms with Gasteiger partial charge in [0.15, 0.2) is 0 Å². The summed E-state index contributed by atoms with van der Waals surface area (Å²) in [5.74, 6) is 3.05. The smallest absolute Gasteiger partial charge is 0.0821 e. The SMILES string of the molecule is CCCNC(C(C)CCC)C1CSCCO1. The Kier molecular flexibility index (Phi) is 7.50. The van der Waals surface area contributed by atoms with Crippen LogP contribution in [0.5, 0.6) is 0 Å². The molecule has 16 heavy (non-hydrogen) atoms. The monoisotopic (exact) mass is 245 g/mol. The molecule has 3 atom stereocenters. The van der Waals surface area contributed by atoms with E-state index in [-0.39, 0.29) is 0 Å². The van der Waals surface area contributed by atoms with Gasteiger partial charge in [-0.3, -0.25) is 0 Å². The maximum Gasteiger partial charge on any atom is 0.0821 e. The van der Waals surface area contributed by atoms with E-state index < -0.39 is 0 Å². The van der Waals surface area contributed by atoms with Crippen LogP contribution in [0.15, 0.2) is 0 Å². The second-order valence-corrected chi connectivity index (χ2v) is 5.88. The molecule has 0 aromatic rings. The summed E-state index contributed by atoms with van der Waals surface area (Å²) in [6.45, 7) is 8.90. The van der Waals surface area contributed by atoms with Crippen LogP contribution >= 0.6 is 11.8 Å². The van der Waals surface area contributed by atoms with Gasteiger partial charge in [-0.25, -0.2) is 0 Å². The highest BCUT2D eigenvalue weighted by Gasteiger charge is 2.28. The summed E-state index contributed by atoms with van der Waals surface area (Å²) in [7, 11) is 0. The molecule has 0 bridgehead atoms. The minimum absolute atomic E-state index is 0.423. The molecule has 1 rings (SSSR count). The Bertz CT molecular complexity index is 171. The van der Waals surface area contributed by atoms with E-state index in [0.717, 1.165) is 24.8 Å². The molecular weight excluding hydrogens is 218 g/mol. The van der Waals surface area contributed by atoms with E-state index in [1.165, 1.54) is 25.0 Å². The second-order valence-electron chi connectivity index (χ2n) is 4.73. The van der Waals surface area contributed by atoms with Gasteiger partial charge in [0, 0.05) is 17.5 Å². The Balaban J connectivity index is 2.46. The van der Waals surface area contributed by atoms with E-state index in [1.54, 1.807) is 0 Å². The summed E-state index contributed by atoms with van der Waals surface area (Å²) >= 11 is 2.04. The lowest BCUT2D eigenvalue weighted by atomic mass is 9.93. The Morgan fingerprint density at radius 2 is 2.19 bits per heavy atom. The van der Waals surface area contributed by atoms with Gasteiger partial charge < -0.3 is 10.1 Å². The fraction of sp³-hybridized carbons (Fsp3) is 1.00. The highest BCUT2D eigenvalue weighted by molar-refractivity contribution is 7.99.